The van der Waals surface area contributed by atoms with E-state index in [0.29, 0.717) is 0 Å². The normalized spacial score (nSPS) is 8.80. The number of benzene rings is 1. The molecule has 2 aromatic rings. The van der Waals surface area contributed by atoms with Gasteiger partial charge in [0.05, 0.1) is 0 Å². The van der Waals surface area contributed by atoms with Crippen LogP contribution in [0.4, 0.5) is 0 Å². The van der Waals surface area contributed by atoms with Crippen LogP contribution in [0.5, 0.6) is 0 Å². The van der Waals surface area contributed by atoms with Crippen molar-refractivity contribution in [1.29, 1.82) is 0 Å². The van der Waals surface area contributed by atoms with Crippen molar-refractivity contribution in [3.63, 3.8) is 0 Å². The molecular weight excluding hydrogens is 244 g/mol. The third kappa shape index (κ3) is 7.18. The molecule has 1 heterocycles. The monoisotopic (exact) mass is 276 g/mol. The highest BCUT2D eigenvalue weighted by molar-refractivity contribution is 5.22. The molecule has 0 aliphatic heterocycles. The third-order valence-corrected chi connectivity index (χ3v) is 2.98. The predicted molar refractivity (Wildman–Crippen MR) is 91.5 cm³/mol. The van der Waals surface area contributed by atoms with E-state index in [0.717, 1.165) is 30.8 Å². The lowest BCUT2D eigenvalue weighted by atomic mass is 10.1. The van der Waals surface area contributed by atoms with Gasteiger partial charge in [0, 0.05) is 6.42 Å². The van der Waals surface area contributed by atoms with E-state index in [-0.39, 0.29) is 14.9 Å². The minimum atomic E-state index is 0. The summed E-state index contributed by atoms with van der Waals surface area (Å²) in [5, 5.41) is 0. The standard InChI is InChI=1S/C10H14.C7H10O.2CH4/c1-3-9-5-7-10(4-2)8-6-9;1-3-7-5-4-6(2)8-7;;/h5-8H,3-4H2,1-2H3;4-5H,3H2,1-2H3;2*1H4. The van der Waals surface area contributed by atoms with Crippen LogP contribution in [0.15, 0.2) is 40.8 Å². The average molecular weight is 276 g/mol. The van der Waals surface area contributed by atoms with Crippen molar-refractivity contribution in [3.8, 4) is 0 Å². The Bertz CT molecular complexity index is 414. The zero-order valence-corrected chi connectivity index (χ0v) is 12.0. The number of furan rings is 1. The first-order valence-electron chi connectivity index (χ1n) is 6.82. The Balaban J connectivity index is 0. The Morgan fingerprint density at radius 2 is 1.15 bits per heavy atom. The van der Waals surface area contributed by atoms with Crippen LogP contribution in [-0.4, -0.2) is 0 Å². The van der Waals surface area contributed by atoms with E-state index in [9.17, 15) is 0 Å². The van der Waals surface area contributed by atoms with Crippen molar-refractivity contribution in [2.45, 2.75) is 61.8 Å². The fraction of sp³-hybridized carbons (Fsp3) is 0.474. The molecular formula is C19H32O. The molecule has 1 heteroatoms. The molecule has 0 fully saturated rings. The highest BCUT2D eigenvalue weighted by Gasteiger charge is 1.91. The van der Waals surface area contributed by atoms with Gasteiger partial charge >= 0.3 is 0 Å². The minimum absolute atomic E-state index is 0. The fourth-order valence-corrected chi connectivity index (χ4v) is 1.69. The molecule has 0 radical (unpaired) electrons. The van der Waals surface area contributed by atoms with Crippen LogP contribution < -0.4 is 0 Å². The lowest BCUT2D eigenvalue weighted by molar-refractivity contribution is 0.489. The maximum Gasteiger partial charge on any atom is 0.103 e. The molecule has 0 spiro atoms. The topological polar surface area (TPSA) is 13.1 Å². The summed E-state index contributed by atoms with van der Waals surface area (Å²) < 4.78 is 5.23. The summed E-state index contributed by atoms with van der Waals surface area (Å²) in [7, 11) is 0. The van der Waals surface area contributed by atoms with E-state index >= 15 is 0 Å². The van der Waals surface area contributed by atoms with E-state index in [1.54, 1.807) is 0 Å². The molecule has 0 aliphatic rings. The fourth-order valence-electron chi connectivity index (χ4n) is 1.69. The molecule has 2 rings (SSSR count). The van der Waals surface area contributed by atoms with Crippen LogP contribution in [0, 0.1) is 6.92 Å². The second-order valence-electron chi connectivity index (χ2n) is 4.39. The smallest absolute Gasteiger partial charge is 0.103 e. The molecule has 1 aromatic heterocycles. The molecule has 1 nitrogen and oxygen atoms in total. The largest absolute Gasteiger partial charge is 0.466 e. The van der Waals surface area contributed by atoms with Gasteiger partial charge in [0.1, 0.15) is 11.5 Å². The van der Waals surface area contributed by atoms with Crippen LogP contribution in [0.1, 0.15) is 58.3 Å². The SMILES string of the molecule is C.C.CCc1ccc(C)o1.CCc1ccc(CC)cc1. The zero-order valence-electron chi connectivity index (χ0n) is 12.0. The first-order valence-corrected chi connectivity index (χ1v) is 6.82. The minimum Gasteiger partial charge on any atom is -0.466 e. The summed E-state index contributed by atoms with van der Waals surface area (Å²) >= 11 is 0. The second kappa shape index (κ2) is 11.3. The molecule has 114 valence electrons. The van der Waals surface area contributed by atoms with E-state index < -0.39 is 0 Å². The summed E-state index contributed by atoms with van der Waals surface area (Å²) in [4.78, 5) is 0. The second-order valence-corrected chi connectivity index (χ2v) is 4.39. The van der Waals surface area contributed by atoms with Crippen LogP contribution in [0.2, 0.25) is 0 Å². The van der Waals surface area contributed by atoms with Crippen molar-refractivity contribution < 1.29 is 4.42 Å². The van der Waals surface area contributed by atoms with Crippen LogP contribution >= 0.6 is 0 Å². The third-order valence-electron chi connectivity index (χ3n) is 2.98. The van der Waals surface area contributed by atoms with Crippen LogP contribution in [0.25, 0.3) is 0 Å². The van der Waals surface area contributed by atoms with Gasteiger partial charge in [0.2, 0.25) is 0 Å². The Kier molecular flexibility index (Phi) is 11.8. The Morgan fingerprint density at radius 3 is 1.35 bits per heavy atom. The molecule has 1 aromatic carbocycles. The molecule has 0 amide bonds. The van der Waals surface area contributed by atoms with Gasteiger partial charge in [-0.1, -0.05) is 59.9 Å². The first kappa shape index (κ1) is 20.8. The first-order chi connectivity index (χ1) is 8.69. The van der Waals surface area contributed by atoms with Crippen LogP contribution in [-0.2, 0) is 19.3 Å². The summed E-state index contributed by atoms with van der Waals surface area (Å²) in [5.74, 6) is 2.07. The maximum absolute atomic E-state index is 5.23. The maximum atomic E-state index is 5.23. The van der Waals surface area contributed by atoms with Gasteiger partial charge < -0.3 is 4.42 Å². The molecule has 0 atom stereocenters. The van der Waals surface area contributed by atoms with Gasteiger partial charge in [0.25, 0.3) is 0 Å². The van der Waals surface area contributed by atoms with Gasteiger partial charge in [-0.3, -0.25) is 0 Å². The highest BCUT2D eigenvalue weighted by atomic mass is 16.3. The molecule has 0 aliphatic carbocycles. The molecule has 0 N–H and O–H groups in total. The highest BCUT2D eigenvalue weighted by Crippen LogP contribution is 2.05. The van der Waals surface area contributed by atoms with Gasteiger partial charge in [-0.25, -0.2) is 0 Å². The van der Waals surface area contributed by atoms with Crippen molar-refractivity contribution in [2.24, 2.45) is 0 Å². The Labute approximate surface area is 126 Å². The Morgan fingerprint density at radius 1 is 0.700 bits per heavy atom. The quantitative estimate of drug-likeness (QED) is 0.647. The van der Waals surface area contributed by atoms with E-state index in [2.05, 4.69) is 45.0 Å². The summed E-state index contributed by atoms with van der Waals surface area (Å²) in [6.45, 7) is 8.40. The van der Waals surface area contributed by atoms with Gasteiger partial charge in [0.15, 0.2) is 0 Å². The summed E-state index contributed by atoms with van der Waals surface area (Å²) in [5.41, 5.74) is 2.86. The van der Waals surface area contributed by atoms with Gasteiger partial charge in [-0.15, -0.1) is 0 Å². The lowest BCUT2D eigenvalue weighted by Gasteiger charge is -1.97. The number of hydrogen-bond acceptors (Lipinski definition) is 1. The molecule has 20 heavy (non-hydrogen) atoms. The van der Waals surface area contributed by atoms with E-state index in [1.807, 2.05) is 19.1 Å². The number of aryl methyl sites for hydroxylation is 4. The summed E-state index contributed by atoms with van der Waals surface area (Å²) in [6.07, 6.45) is 3.28. The summed E-state index contributed by atoms with van der Waals surface area (Å²) in [6, 6.07) is 12.8. The molecule has 0 saturated carbocycles. The lowest BCUT2D eigenvalue weighted by Crippen LogP contribution is -1.81. The van der Waals surface area contributed by atoms with E-state index in [4.69, 9.17) is 4.42 Å². The Hall–Kier alpha value is -1.50. The van der Waals surface area contributed by atoms with Crippen molar-refractivity contribution >= 4 is 0 Å². The number of rotatable bonds is 3. The van der Waals surface area contributed by atoms with Gasteiger partial charge in [-0.2, -0.15) is 0 Å². The number of hydrogen-bond donors (Lipinski definition) is 0. The molecule has 0 unspecified atom stereocenters. The van der Waals surface area contributed by atoms with Crippen molar-refractivity contribution in [3.05, 3.63) is 59.0 Å². The average Bonchev–Trinajstić information content (AvgIpc) is 2.85. The van der Waals surface area contributed by atoms with Crippen molar-refractivity contribution in [1.82, 2.24) is 0 Å². The van der Waals surface area contributed by atoms with E-state index in [1.165, 1.54) is 11.1 Å². The molecule has 0 saturated heterocycles. The molecule has 0 bridgehead atoms. The van der Waals surface area contributed by atoms with Gasteiger partial charge in [-0.05, 0) is 43.0 Å². The predicted octanol–water partition coefficient (Wildman–Crippen LogP) is 6.23. The zero-order chi connectivity index (χ0) is 13.4. The van der Waals surface area contributed by atoms with Crippen LogP contribution in [0.3, 0.4) is 0 Å². The van der Waals surface area contributed by atoms with Crippen molar-refractivity contribution in [2.75, 3.05) is 0 Å².